The molecule has 1 fully saturated rings. The summed E-state index contributed by atoms with van der Waals surface area (Å²) in [4.78, 5) is 21.5. The molecule has 0 bridgehead atoms. The minimum absolute atomic E-state index is 0.236. The zero-order valence-electron chi connectivity index (χ0n) is 18.5. The highest BCUT2D eigenvalue weighted by Crippen LogP contribution is 2.23. The molecule has 4 rings (SSSR count). The zero-order valence-corrected chi connectivity index (χ0v) is 20.0. The number of urea groups is 1. The third-order valence-corrected chi connectivity index (χ3v) is 6.51. The van der Waals surface area contributed by atoms with Gasteiger partial charge in [-0.05, 0) is 29.8 Å². The van der Waals surface area contributed by atoms with E-state index in [4.69, 9.17) is 21.3 Å². The predicted molar refractivity (Wildman–Crippen MR) is 133 cm³/mol. The molecule has 2 N–H and O–H groups in total. The van der Waals surface area contributed by atoms with Crippen molar-refractivity contribution in [2.75, 3.05) is 56.6 Å². The number of amides is 2. The van der Waals surface area contributed by atoms with Crippen LogP contribution >= 0.6 is 23.1 Å². The van der Waals surface area contributed by atoms with Crippen LogP contribution in [0.5, 0.6) is 5.75 Å². The van der Waals surface area contributed by atoms with Crippen LogP contribution in [0.3, 0.4) is 0 Å². The lowest BCUT2D eigenvalue weighted by atomic mass is 10.1. The van der Waals surface area contributed by atoms with E-state index in [-0.39, 0.29) is 6.03 Å². The first-order valence-electron chi connectivity index (χ1n) is 10.8. The minimum Gasteiger partial charge on any atom is -0.495 e. The molecule has 2 aromatic carbocycles. The summed E-state index contributed by atoms with van der Waals surface area (Å²) in [5.74, 6) is 1.47. The Labute approximate surface area is 202 Å². The molecule has 0 atom stereocenters. The second-order valence-corrected chi connectivity index (χ2v) is 8.87. The van der Waals surface area contributed by atoms with Crippen molar-refractivity contribution >= 4 is 40.0 Å². The summed E-state index contributed by atoms with van der Waals surface area (Å²) < 4.78 is 9.78. The summed E-state index contributed by atoms with van der Waals surface area (Å²) in [6.45, 7) is 4.99. The molecule has 3 aromatic rings. The van der Waals surface area contributed by atoms with E-state index < -0.39 is 0 Å². The van der Waals surface area contributed by atoms with Gasteiger partial charge in [-0.3, -0.25) is 4.90 Å². The third kappa shape index (κ3) is 6.56. The number of carbonyl (C=O) groups excluding carboxylic acids is 1. The Balaban J connectivity index is 1.18. The van der Waals surface area contributed by atoms with Gasteiger partial charge in [0, 0.05) is 62.2 Å². The van der Waals surface area contributed by atoms with E-state index in [1.165, 1.54) is 11.5 Å². The second-order valence-electron chi connectivity index (χ2n) is 7.71. The molecule has 174 valence electrons. The maximum absolute atomic E-state index is 12.2. The first kappa shape index (κ1) is 23.3. The number of nitrogens with zero attached hydrogens (tertiary/aromatic N) is 4. The molecule has 33 heavy (non-hydrogen) atoms. The molecule has 1 saturated heterocycles. The summed E-state index contributed by atoms with van der Waals surface area (Å²) in [5.41, 5.74) is 1.80. The number of aromatic nitrogens is 2. The van der Waals surface area contributed by atoms with Crippen LogP contribution in [-0.2, 0) is 6.42 Å². The first-order chi connectivity index (χ1) is 16.1. The van der Waals surface area contributed by atoms with E-state index in [0.717, 1.165) is 54.3 Å². The lowest BCUT2D eigenvalue weighted by Gasteiger charge is -2.34. The van der Waals surface area contributed by atoms with Gasteiger partial charge in [-0.25, -0.2) is 9.78 Å². The highest BCUT2D eigenvalue weighted by atomic mass is 35.5. The summed E-state index contributed by atoms with van der Waals surface area (Å²) >= 11 is 7.41. The number of nitrogens with one attached hydrogen (secondary N) is 2. The third-order valence-electron chi connectivity index (χ3n) is 5.44. The SMILES string of the molecule is COc1ccccc1NC(=O)NCCN1CCN(c2nc(Cc3ccc(Cl)cc3)ns2)CC1. The minimum atomic E-state index is -0.236. The number of para-hydroxylation sites is 2. The second kappa shape index (κ2) is 11.3. The monoisotopic (exact) mass is 486 g/mol. The molecular formula is C23H27ClN6O2S. The Morgan fingerprint density at radius 1 is 1.12 bits per heavy atom. The van der Waals surface area contributed by atoms with E-state index in [0.29, 0.717) is 24.4 Å². The molecule has 2 amide bonds. The maximum Gasteiger partial charge on any atom is 0.319 e. The molecule has 0 saturated carbocycles. The quantitative estimate of drug-likeness (QED) is 0.505. The molecule has 0 aliphatic carbocycles. The van der Waals surface area contributed by atoms with Crippen LogP contribution in [0.15, 0.2) is 48.5 Å². The van der Waals surface area contributed by atoms with E-state index in [1.54, 1.807) is 7.11 Å². The Morgan fingerprint density at radius 2 is 1.88 bits per heavy atom. The molecule has 1 aliphatic heterocycles. The van der Waals surface area contributed by atoms with Crippen LogP contribution in [0.25, 0.3) is 0 Å². The summed E-state index contributed by atoms with van der Waals surface area (Å²) in [6.07, 6.45) is 0.705. The fourth-order valence-electron chi connectivity index (χ4n) is 3.63. The number of piperazine rings is 1. The number of hydrogen-bond acceptors (Lipinski definition) is 7. The van der Waals surface area contributed by atoms with Crippen molar-refractivity contribution in [1.29, 1.82) is 0 Å². The molecule has 10 heteroatoms. The van der Waals surface area contributed by atoms with Gasteiger partial charge in [-0.1, -0.05) is 35.9 Å². The fourth-order valence-corrected chi connectivity index (χ4v) is 4.50. The average Bonchev–Trinajstić information content (AvgIpc) is 3.30. The van der Waals surface area contributed by atoms with E-state index >= 15 is 0 Å². The average molecular weight is 487 g/mol. The number of ether oxygens (including phenoxy) is 1. The number of benzene rings is 2. The summed E-state index contributed by atoms with van der Waals surface area (Å²) in [5, 5.41) is 7.44. The highest BCUT2D eigenvalue weighted by Gasteiger charge is 2.20. The van der Waals surface area contributed by atoms with Crippen LogP contribution < -0.4 is 20.3 Å². The molecular weight excluding hydrogens is 460 g/mol. The maximum atomic E-state index is 12.2. The van der Waals surface area contributed by atoms with Gasteiger partial charge in [0.1, 0.15) is 11.6 Å². The van der Waals surface area contributed by atoms with Gasteiger partial charge in [0.15, 0.2) is 0 Å². The van der Waals surface area contributed by atoms with E-state index in [1.807, 2.05) is 48.5 Å². The number of rotatable bonds is 8. The largest absolute Gasteiger partial charge is 0.495 e. The van der Waals surface area contributed by atoms with Gasteiger partial charge in [-0.15, -0.1) is 0 Å². The summed E-state index contributed by atoms with van der Waals surface area (Å²) in [6, 6.07) is 14.9. The molecule has 0 spiro atoms. The standard InChI is InChI=1S/C23H27ClN6O2S/c1-32-20-5-3-2-4-19(20)26-22(31)25-10-11-29-12-14-30(15-13-29)23-27-21(28-33-23)16-17-6-8-18(24)9-7-17/h2-9H,10-16H2,1H3,(H2,25,26,31). The van der Waals surface area contributed by atoms with Gasteiger partial charge in [0.05, 0.1) is 12.8 Å². The van der Waals surface area contributed by atoms with E-state index in [2.05, 4.69) is 24.8 Å². The number of anilines is 2. The smallest absolute Gasteiger partial charge is 0.319 e. The summed E-state index contributed by atoms with van der Waals surface area (Å²) in [7, 11) is 1.58. The highest BCUT2D eigenvalue weighted by molar-refractivity contribution is 7.09. The van der Waals surface area contributed by atoms with Crippen molar-refractivity contribution in [3.8, 4) is 5.75 Å². The number of methoxy groups -OCH3 is 1. The van der Waals surface area contributed by atoms with Crippen LogP contribution in [0, 0.1) is 0 Å². The van der Waals surface area contributed by atoms with Gasteiger partial charge < -0.3 is 20.3 Å². The Bertz CT molecular complexity index is 1050. The van der Waals surface area contributed by atoms with Gasteiger partial charge in [0.2, 0.25) is 5.13 Å². The zero-order chi connectivity index (χ0) is 23.0. The van der Waals surface area contributed by atoms with Gasteiger partial charge >= 0.3 is 6.03 Å². The van der Waals surface area contributed by atoms with Gasteiger partial charge in [-0.2, -0.15) is 4.37 Å². The molecule has 0 unspecified atom stereocenters. The lowest BCUT2D eigenvalue weighted by molar-refractivity contribution is 0.240. The lowest BCUT2D eigenvalue weighted by Crippen LogP contribution is -2.48. The molecule has 0 radical (unpaired) electrons. The van der Waals surface area contributed by atoms with Crippen LogP contribution in [0.2, 0.25) is 5.02 Å². The molecule has 1 aliphatic rings. The van der Waals surface area contributed by atoms with Crippen molar-refractivity contribution in [2.24, 2.45) is 0 Å². The topological polar surface area (TPSA) is 82.6 Å². The van der Waals surface area contributed by atoms with Crippen LogP contribution in [-0.4, -0.2) is 66.7 Å². The van der Waals surface area contributed by atoms with Crippen molar-refractivity contribution in [2.45, 2.75) is 6.42 Å². The van der Waals surface area contributed by atoms with Crippen LogP contribution in [0.1, 0.15) is 11.4 Å². The Kier molecular flexibility index (Phi) is 7.98. The van der Waals surface area contributed by atoms with Crippen molar-refractivity contribution in [1.82, 2.24) is 19.6 Å². The fraction of sp³-hybridized carbons (Fsp3) is 0.348. The predicted octanol–water partition coefficient (Wildman–Crippen LogP) is 3.73. The van der Waals surface area contributed by atoms with Gasteiger partial charge in [0.25, 0.3) is 0 Å². The van der Waals surface area contributed by atoms with Crippen molar-refractivity contribution < 1.29 is 9.53 Å². The van der Waals surface area contributed by atoms with Crippen molar-refractivity contribution in [3.63, 3.8) is 0 Å². The Hall–Kier alpha value is -2.88. The number of carbonyl (C=O) groups is 1. The molecule has 8 nitrogen and oxygen atoms in total. The number of hydrogen-bond donors (Lipinski definition) is 2. The first-order valence-corrected chi connectivity index (χ1v) is 12.0. The Morgan fingerprint density at radius 3 is 2.64 bits per heavy atom. The number of halogens is 1. The van der Waals surface area contributed by atoms with E-state index in [9.17, 15) is 4.79 Å². The normalized spacial score (nSPS) is 14.2. The molecule has 2 heterocycles. The van der Waals surface area contributed by atoms with Crippen LogP contribution in [0.4, 0.5) is 15.6 Å². The molecule has 1 aromatic heterocycles. The van der Waals surface area contributed by atoms with Crippen molar-refractivity contribution in [3.05, 3.63) is 64.9 Å².